The third-order valence-corrected chi connectivity index (χ3v) is 2.34. The van der Waals surface area contributed by atoms with E-state index in [-0.39, 0.29) is 40.8 Å². The molecule has 2 aromatic rings. The van der Waals surface area contributed by atoms with Gasteiger partial charge in [0.1, 0.15) is 0 Å². The van der Waals surface area contributed by atoms with E-state index >= 15 is 0 Å². The maximum atomic E-state index is 11.2. The molecule has 0 aliphatic carbocycles. The molecular formula is C12H9N2NaO3. The third kappa shape index (κ3) is 3.07. The smallest absolute Gasteiger partial charge is 0.543 e. The Morgan fingerprint density at radius 2 is 2.00 bits per heavy atom. The van der Waals surface area contributed by atoms with Crippen LogP contribution in [0.15, 0.2) is 41.3 Å². The van der Waals surface area contributed by atoms with Crippen LogP contribution in [0.25, 0.3) is 11.3 Å². The van der Waals surface area contributed by atoms with Crippen LogP contribution in [0, 0.1) is 0 Å². The molecule has 0 aliphatic heterocycles. The molecule has 0 bridgehead atoms. The minimum atomic E-state index is -1.32. The molecule has 86 valence electrons. The molecule has 0 aliphatic rings. The van der Waals surface area contributed by atoms with Crippen molar-refractivity contribution in [2.75, 3.05) is 0 Å². The van der Waals surface area contributed by atoms with Gasteiger partial charge in [0.25, 0.3) is 0 Å². The Bertz CT molecular complexity index is 637. The van der Waals surface area contributed by atoms with Crippen molar-refractivity contribution in [1.29, 1.82) is 0 Å². The molecule has 5 nitrogen and oxygen atoms in total. The number of hydrogen-bond acceptors (Lipinski definition) is 4. The quantitative estimate of drug-likeness (QED) is 0.528. The molecule has 0 fully saturated rings. The van der Waals surface area contributed by atoms with Crippen molar-refractivity contribution >= 4 is 5.97 Å². The average Bonchev–Trinajstić information content (AvgIpc) is 2.33. The van der Waals surface area contributed by atoms with Crippen LogP contribution in [0.1, 0.15) is 10.5 Å². The number of rotatable bonds is 2. The zero-order chi connectivity index (χ0) is 12.4. The fourth-order valence-electron chi connectivity index (χ4n) is 1.45. The van der Waals surface area contributed by atoms with Crippen molar-refractivity contribution in [3.8, 4) is 11.3 Å². The van der Waals surface area contributed by atoms with E-state index in [1.165, 1.54) is 16.7 Å². The van der Waals surface area contributed by atoms with Crippen LogP contribution >= 0.6 is 0 Å². The van der Waals surface area contributed by atoms with Crippen LogP contribution in [0.4, 0.5) is 0 Å². The van der Waals surface area contributed by atoms with Crippen LogP contribution in [0.2, 0.25) is 0 Å². The Kier molecular flexibility index (Phi) is 4.84. The zero-order valence-electron chi connectivity index (χ0n) is 10.1. The van der Waals surface area contributed by atoms with E-state index in [0.29, 0.717) is 11.3 Å². The molecule has 2 aromatic heterocycles. The zero-order valence-corrected chi connectivity index (χ0v) is 12.1. The predicted octanol–water partition coefficient (Wildman–Crippen LogP) is -3.19. The van der Waals surface area contributed by atoms with Crippen LogP contribution < -0.4 is 40.2 Å². The van der Waals surface area contributed by atoms with Gasteiger partial charge in [0.05, 0.1) is 17.4 Å². The number of hydrogen-bond donors (Lipinski definition) is 0. The van der Waals surface area contributed by atoms with Gasteiger partial charge in [-0.2, -0.15) is 0 Å². The number of carbonyl (C=O) groups excluding carboxylic acids is 1. The fourth-order valence-corrected chi connectivity index (χ4v) is 1.45. The minimum absolute atomic E-state index is 0. The van der Waals surface area contributed by atoms with Gasteiger partial charge >= 0.3 is 29.6 Å². The molecule has 2 rings (SSSR count). The molecular weight excluding hydrogens is 243 g/mol. The molecule has 0 aromatic carbocycles. The Hall–Kier alpha value is -1.43. The van der Waals surface area contributed by atoms with Gasteiger partial charge in [-0.1, -0.05) is 6.07 Å². The fraction of sp³-hybridized carbons (Fsp3) is 0.0833. The summed E-state index contributed by atoms with van der Waals surface area (Å²) in [6.45, 7) is 0. The first-order valence-corrected chi connectivity index (χ1v) is 4.93. The SMILES string of the molecule is Cn1cc(-c2cccc(C(=O)[O-])n2)ccc1=O.[Na+]. The summed E-state index contributed by atoms with van der Waals surface area (Å²) in [7, 11) is 1.62. The molecule has 0 spiro atoms. The Morgan fingerprint density at radius 1 is 1.28 bits per heavy atom. The molecule has 0 amide bonds. The van der Waals surface area contributed by atoms with Gasteiger partial charge < -0.3 is 14.5 Å². The maximum Gasteiger partial charge on any atom is 1.00 e. The summed E-state index contributed by atoms with van der Waals surface area (Å²) in [6, 6.07) is 7.62. The van der Waals surface area contributed by atoms with E-state index in [1.807, 2.05) is 0 Å². The molecule has 0 unspecified atom stereocenters. The van der Waals surface area contributed by atoms with Crippen molar-refractivity contribution in [3.63, 3.8) is 0 Å². The summed E-state index contributed by atoms with van der Waals surface area (Å²) in [6.07, 6.45) is 1.60. The van der Waals surface area contributed by atoms with Gasteiger partial charge in [-0.05, 0) is 18.2 Å². The average molecular weight is 252 g/mol. The minimum Gasteiger partial charge on any atom is -0.543 e. The second kappa shape index (κ2) is 5.95. The van der Waals surface area contributed by atoms with Crippen molar-refractivity contribution in [2.45, 2.75) is 0 Å². The first-order chi connectivity index (χ1) is 8.08. The van der Waals surface area contributed by atoms with Gasteiger partial charge in [0, 0.05) is 24.9 Å². The molecule has 0 N–H and O–H groups in total. The first-order valence-electron chi connectivity index (χ1n) is 4.93. The Balaban J connectivity index is 0.00000162. The summed E-state index contributed by atoms with van der Waals surface area (Å²) in [5.74, 6) is -1.32. The van der Waals surface area contributed by atoms with E-state index in [1.54, 1.807) is 31.4 Å². The number of carbonyl (C=O) groups is 1. The predicted molar refractivity (Wildman–Crippen MR) is 59.2 cm³/mol. The van der Waals surface area contributed by atoms with Gasteiger partial charge in [-0.3, -0.25) is 4.79 Å². The second-order valence-electron chi connectivity index (χ2n) is 3.56. The number of carboxylic acids is 1. The van der Waals surface area contributed by atoms with Gasteiger partial charge in [0.15, 0.2) is 0 Å². The molecule has 0 saturated carbocycles. The normalized spacial score (nSPS) is 9.61. The number of aromatic carboxylic acids is 1. The van der Waals surface area contributed by atoms with Crippen LogP contribution in [0.5, 0.6) is 0 Å². The largest absolute Gasteiger partial charge is 1.00 e. The van der Waals surface area contributed by atoms with E-state index < -0.39 is 5.97 Å². The van der Waals surface area contributed by atoms with Crippen LogP contribution in [-0.4, -0.2) is 15.5 Å². The first kappa shape index (κ1) is 14.6. The van der Waals surface area contributed by atoms with Crippen LogP contribution in [0.3, 0.4) is 0 Å². The van der Waals surface area contributed by atoms with Crippen molar-refractivity contribution < 1.29 is 39.5 Å². The molecule has 0 atom stereocenters. The van der Waals surface area contributed by atoms with Crippen molar-refractivity contribution in [3.05, 3.63) is 52.6 Å². The van der Waals surface area contributed by atoms with Gasteiger partial charge in [-0.25, -0.2) is 4.98 Å². The Labute approximate surface area is 125 Å². The van der Waals surface area contributed by atoms with E-state index in [4.69, 9.17) is 0 Å². The topological polar surface area (TPSA) is 75.0 Å². The monoisotopic (exact) mass is 252 g/mol. The number of aromatic nitrogens is 2. The van der Waals surface area contributed by atoms with Crippen LogP contribution in [-0.2, 0) is 7.05 Å². The summed E-state index contributed by atoms with van der Waals surface area (Å²) >= 11 is 0. The summed E-state index contributed by atoms with van der Waals surface area (Å²) in [5.41, 5.74) is 0.902. The standard InChI is InChI=1S/C12H10N2O3.Na/c1-14-7-8(5-6-11(14)15)9-3-2-4-10(13-9)12(16)17;/h2-7H,1H3,(H,16,17);/q;+1/p-1. The summed E-state index contributed by atoms with van der Waals surface area (Å²) in [5, 5.41) is 10.7. The maximum absolute atomic E-state index is 11.2. The van der Waals surface area contributed by atoms with E-state index in [9.17, 15) is 14.7 Å². The van der Waals surface area contributed by atoms with E-state index in [2.05, 4.69) is 4.98 Å². The number of aryl methyl sites for hydroxylation is 1. The van der Waals surface area contributed by atoms with E-state index in [0.717, 1.165) is 0 Å². The molecule has 0 saturated heterocycles. The molecule has 0 radical (unpaired) electrons. The third-order valence-electron chi connectivity index (χ3n) is 2.34. The number of pyridine rings is 2. The molecule has 6 heteroatoms. The van der Waals surface area contributed by atoms with Gasteiger partial charge in [-0.15, -0.1) is 0 Å². The summed E-state index contributed by atoms with van der Waals surface area (Å²) in [4.78, 5) is 25.8. The summed E-state index contributed by atoms with van der Waals surface area (Å²) < 4.78 is 1.41. The van der Waals surface area contributed by atoms with Crippen molar-refractivity contribution in [2.24, 2.45) is 7.05 Å². The Morgan fingerprint density at radius 3 is 2.61 bits per heavy atom. The van der Waals surface area contributed by atoms with Gasteiger partial charge in [0.2, 0.25) is 5.56 Å². The number of nitrogens with zero attached hydrogens (tertiary/aromatic N) is 2. The van der Waals surface area contributed by atoms with Crippen molar-refractivity contribution in [1.82, 2.24) is 9.55 Å². The number of carboxylic acid groups (broad SMARTS) is 1. The second-order valence-corrected chi connectivity index (χ2v) is 3.56. The molecule has 2 heterocycles. The molecule has 18 heavy (non-hydrogen) atoms.